The van der Waals surface area contributed by atoms with Gasteiger partial charge in [-0.3, -0.25) is 0 Å². The molecule has 1 aromatic rings. The van der Waals surface area contributed by atoms with Gasteiger partial charge in [0.25, 0.3) is 0 Å². The Labute approximate surface area is 133 Å². The van der Waals surface area contributed by atoms with Gasteiger partial charge < -0.3 is 15.2 Å². The van der Waals surface area contributed by atoms with Crippen molar-refractivity contribution in [2.45, 2.75) is 45.4 Å². The second kappa shape index (κ2) is 11.5. The third-order valence-corrected chi connectivity index (χ3v) is 3.45. The zero-order valence-corrected chi connectivity index (χ0v) is 13.8. The average Bonchev–Trinajstić information content (AvgIpc) is 2.49. The van der Waals surface area contributed by atoms with Crippen molar-refractivity contribution < 1.29 is 9.47 Å². The Kier molecular flexibility index (Phi) is 9.83. The van der Waals surface area contributed by atoms with Crippen molar-refractivity contribution in [2.75, 3.05) is 19.8 Å². The van der Waals surface area contributed by atoms with E-state index in [1.807, 2.05) is 24.3 Å². The Morgan fingerprint density at radius 2 is 1.81 bits per heavy atom. The molecular formula is C17H27NO2S. The zero-order chi connectivity index (χ0) is 15.3. The van der Waals surface area contributed by atoms with Crippen LogP contribution in [0.15, 0.2) is 24.3 Å². The quantitative estimate of drug-likeness (QED) is 0.467. The Morgan fingerprint density at radius 1 is 1.05 bits per heavy atom. The molecule has 0 heterocycles. The van der Waals surface area contributed by atoms with E-state index in [0.29, 0.717) is 11.6 Å². The van der Waals surface area contributed by atoms with Gasteiger partial charge in [0.2, 0.25) is 0 Å². The van der Waals surface area contributed by atoms with E-state index in [9.17, 15) is 0 Å². The molecule has 2 N–H and O–H groups in total. The fourth-order valence-electron chi connectivity index (χ4n) is 2.00. The lowest BCUT2D eigenvalue weighted by Gasteiger charge is -2.08. The van der Waals surface area contributed by atoms with Gasteiger partial charge in [0.1, 0.15) is 10.7 Å². The van der Waals surface area contributed by atoms with Crippen LogP contribution in [0.1, 0.15) is 51.0 Å². The van der Waals surface area contributed by atoms with Crippen LogP contribution in [0, 0.1) is 0 Å². The highest BCUT2D eigenvalue weighted by molar-refractivity contribution is 7.80. The summed E-state index contributed by atoms with van der Waals surface area (Å²) in [5, 5.41) is 0. The highest BCUT2D eigenvalue weighted by Crippen LogP contribution is 2.13. The molecule has 118 valence electrons. The summed E-state index contributed by atoms with van der Waals surface area (Å²) in [6, 6.07) is 7.57. The van der Waals surface area contributed by atoms with Gasteiger partial charge in [0.05, 0.1) is 6.61 Å². The maximum absolute atomic E-state index is 5.66. The van der Waals surface area contributed by atoms with Crippen molar-refractivity contribution >= 4 is 17.2 Å². The molecule has 0 saturated heterocycles. The molecule has 0 aliphatic carbocycles. The minimum atomic E-state index is 0.395. The molecule has 0 aliphatic rings. The minimum Gasteiger partial charge on any atom is -0.493 e. The van der Waals surface area contributed by atoms with Crippen LogP contribution in [0.3, 0.4) is 0 Å². The van der Waals surface area contributed by atoms with Crippen LogP contribution in [0.25, 0.3) is 0 Å². The highest BCUT2D eigenvalue weighted by atomic mass is 32.1. The summed E-state index contributed by atoms with van der Waals surface area (Å²) in [6.45, 7) is 4.49. The molecule has 0 aromatic heterocycles. The molecule has 0 atom stereocenters. The average molecular weight is 309 g/mol. The van der Waals surface area contributed by atoms with E-state index in [2.05, 4.69) is 6.92 Å². The number of unbranched alkanes of at least 4 members (excludes halogenated alkanes) is 4. The number of ether oxygens (including phenoxy) is 2. The van der Waals surface area contributed by atoms with Crippen molar-refractivity contribution in [1.82, 2.24) is 0 Å². The van der Waals surface area contributed by atoms with E-state index in [-0.39, 0.29) is 0 Å². The monoisotopic (exact) mass is 309 g/mol. The van der Waals surface area contributed by atoms with E-state index >= 15 is 0 Å². The molecule has 0 amide bonds. The smallest absolute Gasteiger partial charge is 0.119 e. The maximum Gasteiger partial charge on any atom is 0.119 e. The lowest BCUT2D eigenvalue weighted by molar-refractivity contribution is 0.116. The fraction of sp³-hybridized carbons (Fsp3) is 0.588. The molecule has 0 aliphatic heterocycles. The van der Waals surface area contributed by atoms with Crippen LogP contribution in [0.2, 0.25) is 0 Å². The topological polar surface area (TPSA) is 44.5 Å². The lowest BCUT2D eigenvalue weighted by atomic mass is 10.2. The number of hydrogen-bond acceptors (Lipinski definition) is 3. The first-order valence-corrected chi connectivity index (χ1v) is 8.25. The standard InChI is InChI=1S/C17H27NO2S/c1-2-3-4-5-6-11-19-12-8-13-20-16-10-7-9-15(14-16)17(18)21/h7,9-10,14H,2-6,8,11-13H2,1H3,(H2,18,21). The van der Waals surface area contributed by atoms with Crippen molar-refractivity contribution in [3.8, 4) is 5.75 Å². The van der Waals surface area contributed by atoms with Crippen molar-refractivity contribution in [3.05, 3.63) is 29.8 Å². The molecule has 0 saturated carbocycles. The molecule has 0 spiro atoms. The Balaban J connectivity index is 2.01. The van der Waals surface area contributed by atoms with Crippen LogP contribution < -0.4 is 10.5 Å². The Hall–Kier alpha value is -1.13. The SMILES string of the molecule is CCCCCCCOCCCOc1cccc(C(N)=S)c1. The second-order valence-electron chi connectivity index (χ2n) is 5.12. The van der Waals surface area contributed by atoms with Gasteiger partial charge in [-0.1, -0.05) is 57.0 Å². The van der Waals surface area contributed by atoms with Crippen LogP contribution in [0.4, 0.5) is 0 Å². The first-order valence-electron chi connectivity index (χ1n) is 7.84. The second-order valence-corrected chi connectivity index (χ2v) is 5.56. The zero-order valence-electron chi connectivity index (χ0n) is 13.0. The van der Waals surface area contributed by atoms with Crippen molar-refractivity contribution in [1.29, 1.82) is 0 Å². The van der Waals surface area contributed by atoms with Crippen LogP contribution in [0.5, 0.6) is 5.75 Å². The van der Waals surface area contributed by atoms with E-state index in [4.69, 9.17) is 27.4 Å². The summed E-state index contributed by atoms with van der Waals surface area (Å²) >= 11 is 4.94. The highest BCUT2D eigenvalue weighted by Gasteiger charge is 1.99. The summed E-state index contributed by atoms with van der Waals surface area (Å²) < 4.78 is 11.3. The van der Waals surface area contributed by atoms with Gasteiger partial charge in [-0.05, 0) is 18.6 Å². The summed E-state index contributed by atoms with van der Waals surface area (Å²) in [4.78, 5) is 0.395. The number of nitrogens with two attached hydrogens (primary N) is 1. The van der Waals surface area contributed by atoms with Crippen molar-refractivity contribution in [3.63, 3.8) is 0 Å². The fourth-order valence-corrected chi connectivity index (χ4v) is 2.13. The number of benzene rings is 1. The third-order valence-electron chi connectivity index (χ3n) is 3.21. The van der Waals surface area contributed by atoms with Gasteiger partial charge in [0, 0.05) is 25.2 Å². The van der Waals surface area contributed by atoms with E-state index in [1.165, 1.54) is 25.7 Å². The molecule has 0 fully saturated rings. The summed E-state index contributed by atoms with van der Waals surface area (Å²) in [5.41, 5.74) is 6.43. The minimum absolute atomic E-state index is 0.395. The Morgan fingerprint density at radius 3 is 2.57 bits per heavy atom. The Bertz CT molecular complexity index is 410. The van der Waals surface area contributed by atoms with Crippen LogP contribution in [-0.4, -0.2) is 24.8 Å². The first kappa shape index (κ1) is 17.9. The summed E-state index contributed by atoms with van der Waals surface area (Å²) in [6.07, 6.45) is 7.27. The van der Waals surface area contributed by atoms with E-state index in [0.717, 1.165) is 37.4 Å². The summed E-state index contributed by atoms with van der Waals surface area (Å²) in [5.74, 6) is 0.805. The van der Waals surface area contributed by atoms with Crippen molar-refractivity contribution in [2.24, 2.45) is 5.73 Å². The van der Waals surface area contributed by atoms with Gasteiger partial charge in [-0.15, -0.1) is 0 Å². The number of hydrogen-bond donors (Lipinski definition) is 1. The number of thiocarbonyl (C=S) groups is 1. The molecule has 0 unspecified atom stereocenters. The van der Waals surface area contributed by atoms with Gasteiger partial charge in [0.15, 0.2) is 0 Å². The van der Waals surface area contributed by atoms with Gasteiger partial charge in [-0.2, -0.15) is 0 Å². The van der Waals surface area contributed by atoms with Gasteiger partial charge in [-0.25, -0.2) is 0 Å². The molecule has 3 nitrogen and oxygen atoms in total. The first-order chi connectivity index (χ1) is 10.2. The largest absolute Gasteiger partial charge is 0.493 e. The third kappa shape index (κ3) is 8.68. The molecule has 4 heteroatoms. The van der Waals surface area contributed by atoms with Gasteiger partial charge >= 0.3 is 0 Å². The normalized spacial score (nSPS) is 10.5. The predicted octanol–water partition coefficient (Wildman–Crippen LogP) is 4.08. The summed E-state index contributed by atoms with van der Waals surface area (Å²) in [7, 11) is 0. The predicted molar refractivity (Wildman–Crippen MR) is 92.0 cm³/mol. The molecule has 1 aromatic carbocycles. The lowest BCUT2D eigenvalue weighted by Crippen LogP contribution is -2.09. The molecule has 21 heavy (non-hydrogen) atoms. The molecular weight excluding hydrogens is 282 g/mol. The van der Waals surface area contributed by atoms with E-state index in [1.54, 1.807) is 0 Å². The maximum atomic E-state index is 5.66. The van der Waals surface area contributed by atoms with Crippen LogP contribution >= 0.6 is 12.2 Å². The number of rotatable bonds is 12. The van der Waals surface area contributed by atoms with Crippen LogP contribution in [-0.2, 0) is 4.74 Å². The molecule has 1 rings (SSSR count). The molecule has 0 radical (unpaired) electrons. The molecule has 0 bridgehead atoms. The van der Waals surface area contributed by atoms with E-state index < -0.39 is 0 Å².